The Labute approximate surface area is 92.0 Å². The predicted molar refractivity (Wildman–Crippen MR) is 54.3 cm³/mol. The van der Waals surface area contributed by atoms with Crippen LogP contribution in [-0.4, -0.2) is 26.0 Å². The van der Waals surface area contributed by atoms with Crippen molar-refractivity contribution in [3.05, 3.63) is 29.1 Å². The molecule has 1 aromatic rings. The summed E-state index contributed by atoms with van der Waals surface area (Å²) < 4.78 is 23.1. The van der Waals surface area contributed by atoms with Gasteiger partial charge in [-0.25, -0.2) is 9.18 Å². The van der Waals surface area contributed by atoms with Crippen molar-refractivity contribution in [2.45, 2.75) is 6.92 Å². The fourth-order valence-corrected chi connectivity index (χ4v) is 1.18. The molecule has 0 aromatic heterocycles. The van der Waals surface area contributed by atoms with Gasteiger partial charge in [-0.2, -0.15) is 0 Å². The van der Waals surface area contributed by atoms with Crippen molar-refractivity contribution in [2.24, 2.45) is 0 Å². The van der Waals surface area contributed by atoms with E-state index in [1.807, 2.05) is 0 Å². The number of hydrogen-bond acceptors (Lipinski definition) is 4. The van der Waals surface area contributed by atoms with Crippen LogP contribution < -0.4 is 4.74 Å². The number of benzene rings is 1. The van der Waals surface area contributed by atoms with Crippen molar-refractivity contribution < 1.29 is 23.5 Å². The minimum absolute atomic E-state index is 0.131. The van der Waals surface area contributed by atoms with E-state index < -0.39 is 11.8 Å². The van der Waals surface area contributed by atoms with Crippen molar-refractivity contribution >= 4 is 12.3 Å². The summed E-state index contributed by atoms with van der Waals surface area (Å²) in [7, 11) is 1.36. The van der Waals surface area contributed by atoms with E-state index in [9.17, 15) is 14.0 Å². The SMILES string of the molecule is CCOC(=O)c1cc(OC)cc(C=O)c1F. The van der Waals surface area contributed by atoms with Gasteiger partial charge in [0.2, 0.25) is 0 Å². The number of hydrogen-bond donors (Lipinski definition) is 0. The van der Waals surface area contributed by atoms with E-state index in [1.54, 1.807) is 6.92 Å². The van der Waals surface area contributed by atoms with Crippen molar-refractivity contribution in [1.29, 1.82) is 0 Å². The molecule has 0 unspecified atom stereocenters. The lowest BCUT2D eigenvalue weighted by Crippen LogP contribution is -2.09. The van der Waals surface area contributed by atoms with Crippen LogP contribution in [0.5, 0.6) is 5.75 Å². The average molecular weight is 226 g/mol. The molecule has 16 heavy (non-hydrogen) atoms. The van der Waals surface area contributed by atoms with Crippen molar-refractivity contribution in [3.63, 3.8) is 0 Å². The molecular weight excluding hydrogens is 215 g/mol. The first-order valence-electron chi connectivity index (χ1n) is 4.63. The molecule has 0 aliphatic rings. The lowest BCUT2D eigenvalue weighted by atomic mass is 10.1. The van der Waals surface area contributed by atoms with Crippen LogP contribution >= 0.6 is 0 Å². The van der Waals surface area contributed by atoms with Gasteiger partial charge in [-0.15, -0.1) is 0 Å². The molecule has 86 valence electrons. The maximum atomic E-state index is 13.6. The molecule has 0 saturated heterocycles. The molecule has 0 bridgehead atoms. The van der Waals surface area contributed by atoms with E-state index in [2.05, 4.69) is 4.74 Å². The Kier molecular flexibility index (Phi) is 3.99. The molecule has 1 aromatic carbocycles. The fraction of sp³-hybridized carbons (Fsp3) is 0.273. The van der Waals surface area contributed by atoms with Gasteiger partial charge in [0.25, 0.3) is 0 Å². The Morgan fingerprint density at radius 1 is 1.50 bits per heavy atom. The van der Waals surface area contributed by atoms with E-state index >= 15 is 0 Å². The number of aldehydes is 1. The average Bonchev–Trinajstić information content (AvgIpc) is 2.29. The zero-order valence-corrected chi connectivity index (χ0v) is 8.95. The van der Waals surface area contributed by atoms with E-state index in [1.165, 1.54) is 19.2 Å². The van der Waals surface area contributed by atoms with Crippen LogP contribution in [0.1, 0.15) is 27.6 Å². The fourth-order valence-electron chi connectivity index (χ4n) is 1.18. The molecule has 0 spiro atoms. The molecule has 0 saturated carbocycles. The Morgan fingerprint density at radius 2 is 2.19 bits per heavy atom. The second kappa shape index (κ2) is 5.25. The summed E-state index contributed by atoms with van der Waals surface area (Å²) in [5.74, 6) is -1.48. The maximum absolute atomic E-state index is 13.6. The molecule has 1 rings (SSSR count). The Balaban J connectivity index is 3.25. The molecule has 0 N–H and O–H groups in total. The lowest BCUT2D eigenvalue weighted by Gasteiger charge is -2.07. The Bertz CT molecular complexity index is 415. The van der Waals surface area contributed by atoms with Gasteiger partial charge in [0.1, 0.15) is 11.6 Å². The summed E-state index contributed by atoms with van der Waals surface area (Å²) in [6.45, 7) is 1.74. The van der Waals surface area contributed by atoms with Crippen LogP contribution in [0.2, 0.25) is 0 Å². The maximum Gasteiger partial charge on any atom is 0.341 e. The third-order valence-electron chi connectivity index (χ3n) is 1.93. The number of halogens is 1. The molecule has 0 fully saturated rings. The molecule has 0 heterocycles. The summed E-state index contributed by atoms with van der Waals surface area (Å²) in [5.41, 5.74) is -0.536. The normalized spacial score (nSPS) is 9.69. The topological polar surface area (TPSA) is 52.6 Å². The molecule has 0 radical (unpaired) electrons. The molecule has 0 aliphatic carbocycles. The molecule has 5 heteroatoms. The Morgan fingerprint density at radius 3 is 2.69 bits per heavy atom. The molecule has 0 aliphatic heterocycles. The third-order valence-corrected chi connectivity index (χ3v) is 1.93. The highest BCUT2D eigenvalue weighted by Crippen LogP contribution is 2.21. The molecule has 0 atom stereocenters. The second-order valence-corrected chi connectivity index (χ2v) is 2.92. The smallest absolute Gasteiger partial charge is 0.341 e. The second-order valence-electron chi connectivity index (χ2n) is 2.92. The number of carbonyl (C=O) groups excluding carboxylic acids is 2. The number of rotatable bonds is 4. The van der Waals surface area contributed by atoms with Crippen molar-refractivity contribution in [1.82, 2.24) is 0 Å². The molecular formula is C11H11FO4. The summed E-state index contributed by atoms with van der Waals surface area (Å²) in [6, 6.07) is 2.41. The van der Waals surface area contributed by atoms with Crippen LogP contribution in [-0.2, 0) is 4.74 Å². The first-order valence-corrected chi connectivity index (χ1v) is 4.63. The minimum Gasteiger partial charge on any atom is -0.497 e. The van der Waals surface area contributed by atoms with E-state index in [0.717, 1.165) is 0 Å². The van der Waals surface area contributed by atoms with Gasteiger partial charge in [-0.3, -0.25) is 4.79 Å². The van der Waals surface area contributed by atoms with Gasteiger partial charge in [-0.1, -0.05) is 0 Å². The van der Waals surface area contributed by atoms with Gasteiger partial charge in [0.05, 0.1) is 24.8 Å². The summed E-state index contributed by atoms with van der Waals surface area (Å²) in [4.78, 5) is 21.9. The highest BCUT2D eigenvalue weighted by atomic mass is 19.1. The highest BCUT2D eigenvalue weighted by Gasteiger charge is 2.18. The number of esters is 1. The Hall–Kier alpha value is -1.91. The molecule has 0 amide bonds. The lowest BCUT2D eigenvalue weighted by molar-refractivity contribution is 0.0520. The third kappa shape index (κ3) is 2.36. The first-order chi connectivity index (χ1) is 7.63. The number of ether oxygens (including phenoxy) is 2. The van der Waals surface area contributed by atoms with Gasteiger partial charge >= 0.3 is 5.97 Å². The summed E-state index contributed by atoms with van der Waals surface area (Å²) >= 11 is 0. The van der Waals surface area contributed by atoms with Crippen LogP contribution in [0, 0.1) is 5.82 Å². The van der Waals surface area contributed by atoms with Gasteiger partial charge in [0, 0.05) is 0 Å². The quantitative estimate of drug-likeness (QED) is 0.580. The van der Waals surface area contributed by atoms with Crippen molar-refractivity contribution in [3.8, 4) is 5.75 Å². The zero-order chi connectivity index (χ0) is 12.1. The van der Waals surface area contributed by atoms with Gasteiger partial charge < -0.3 is 9.47 Å². The zero-order valence-electron chi connectivity index (χ0n) is 8.95. The first kappa shape index (κ1) is 12.2. The minimum atomic E-state index is -0.894. The van der Waals surface area contributed by atoms with Crippen LogP contribution in [0.25, 0.3) is 0 Å². The summed E-state index contributed by atoms with van der Waals surface area (Å²) in [5, 5.41) is 0. The monoisotopic (exact) mass is 226 g/mol. The summed E-state index contributed by atoms with van der Waals surface area (Å²) in [6.07, 6.45) is 0.320. The number of methoxy groups -OCH3 is 1. The predicted octanol–water partition coefficient (Wildman–Crippen LogP) is 1.82. The van der Waals surface area contributed by atoms with E-state index in [-0.39, 0.29) is 23.5 Å². The van der Waals surface area contributed by atoms with Crippen LogP contribution in [0.3, 0.4) is 0 Å². The molecule has 4 nitrogen and oxygen atoms in total. The van der Waals surface area contributed by atoms with Crippen LogP contribution in [0.15, 0.2) is 12.1 Å². The van der Waals surface area contributed by atoms with Crippen molar-refractivity contribution in [2.75, 3.05) is 13.7 Å². The van der Waals surface area contributed by atoms with Gasteiger partial charge in [0.15, 0.2) is 6.29 Å². The number of carbonyl (C=O) groups is 2. The standard InChI is InChI=1S/C11H11FO4/c1-3-16-11(14)9-5-8(15-2)4-7(6-13)10(9)12/h4-6H,3H2,1-2H3. The largest absolute Gasteiger partial charge is 0.497 e. The van der Waals surface area contributed by atoms with Gasteiger partial charge in [-0.05, 0) is 19.1 Å². The van der Waals surface area contributed by atoms with Crippen LogP contribution in [0.4, 0.5) is 4.39 Å². The van der Waals surface area contributed by atoms with E-state index in [4.69, 9.17) is 4.74 Å². The highest BCUT2D eigenvalue weighted by molar-refractivity contribution is 5.92. The van der Waals surface area contributed by atoms with E-state index in [0.29, 0.717) is 6.29 Å².